The molecule has 0 saturated heterocycles. The van der Waals surface area contributed by atoms with Crippen LogP contribution in [0.3, 0.4) is 0 Å². The molecule has 0 aromatic heterocycles. The van der Waals surface area contributed by atoms with Crippen molar-refractivity contribution in [3.05, 3.63) is 35.4 Å². The van der Waals surface area contributed by atoms with E-state index in [1.807, 2.05) is 0 Å². The largest absolute Gasteiger partial charge is 0.371 e. The van der Waals surface area contributed by atoms with Gasteiger partial charge in [0.15, 0.2) is 5.72 Å². The lowest BCUT2D eigenvalue weighted by atomic mass is 10.0. The van der Waals surface area contributed by atoms with Crippen LogP contribution in [-0.2, 0) is 10.3 Å². The Labute approximate surface area is 87.7 Å². The molecule has 0 amide bonds. The summed E-state index contributed by atoms with van der Waals surface area (Å²) in [7, 11) is -4.34. The average molecular weight is 231 g/mol. The Morgan fingerprint density at radius 2 is 2.07 bits per heavy atom. The molecular weight excluding hydrogens is 217 g/mol. The normalized spacial score (nSPS) is 16.1. The third kappa shape index (κ3) is 3.74. The van der Waals surface area contributed by atoms with Gasteiger partial charge in [-0.2, -0.15) is 0 Å². The Balaban J connectivity index is 3.00. The third-order valence-electron chi connectivity index (χ3n) is 1.96. The van der Waals surface area contributed by atoms with Crippen molar-refractivity contribution in [3.63, 3.8) is 0 Å². The molecule has 1 aromatic rings. The predicted molar refractivity (Wildman–Crippen MR) is 56.2 cm³/mol. The van der Waals surface area contributed by atoms with Gasteiger partial charge in [0.25, 0.3) is 0 Å². The first-order valence-electron chi connectivity index (χ1n) is 4.34. The standard InChI is InChI=1S/C9H14NO4P/c1-7-3-2-4-8(5-7)9(10,11)6-15(12,13)14/h2-5,11H,6,10H2,1H3,(H2,12,13,14). The molecule has 0 heterocycles. The molecule has 6 heteroatoms. The fourth-order valence-corrected chi connectivity index (χ4v) is 2.13. The number of aliphatic hydroxyl groups is 1. The van der Waals surface area contributed by atoms with E-state index < -0.39 is 19.5 Å². The maximum absolute atomic E-state index is 10.8. The maximum Gasteiger partial charge on any atom is 0.330 e. The first-order valence-corrected chi connectivity index (χ1v) is 6.13. The van der Waals surface area contributed by atoms with E-state index in [-0.39, 0.29) is 0 Å². The van der Waals surface area contributed by atoms with Crippen LogP contribution in [0.5, 0.6) is 0 Å². The topological polar surface area (TPSA) is 104 Å². The zero-order valence-electron chi connectivity index (χ0n) is 8.29. The summed E-state index contributed by atoms with van der Waals surface area (Å²) in [4.78, 5) is 17.5. The van der Waals surface area contributed by atoms with Gasteiger partial charge in [-0.05, 0) is 12.5 Å². The summed E-state index contributed by atoms with van der Waals surface area (Å²) >= 11 is 0. The van der Waals surface area contributed by atoms with E-state index in [4.69, 9.17) is 15.5 Å². The summed E-state index contributed by atoms with van der Waals surface area (Å²) in [5, 5.41) is 9.73. The molecule has 0 saturated carbocycles. The van der Waals surface area contributed by atoms with Crippen molar-refractivity contribution in [1.82, 2.24) is 0 Å². The van der Waals surface area contributed by atoms with Gasteiger partial charge in [-0.3, -0.25) is 10.3 Å². The molecule has 0 bridgehead atoms. The third-order valence-corrected chi connectivity index (χ3v) is 2.86. The molecule has 1 atom stereocenters. The quantitative estimate of drug-likeness (QED) is 0.441. The summed E-state index contributed by atoms with van der Waals surface area (Å²) in [6.07, 6.45) is -0.788. The molecule has 1 unspecified atom stereocenters. The number of hydrogen-bond donors (Lipinski definition) is 4. The van der Waals surface area contributed by atoms with Gasteiger partial charge in [0, 0.05) is 0 Å². The monoisotopic (exact) mass is 231 g/mol. The van der Waals surface area contributed by atoms with Gasteiger partial charge < -0.3 is 14.9 Å². The van der Waals surface area contributed by atoms with Gasteiger partial charge in [-0.1, -0.05) is 29.8 Å². The summed E-state index contributed by atoms with van der Waals surface area (Å²) in [5.74, 6) is 0. The zero-order chi connectivity index (χ0) is 11.7. The molecule has 0 aliphatic rings. The van der Waals surface area contributed by atoms with Gasteiger partial charge in [0.2, 0.25) is 0 Å². The van der Waals surface area contributed by atoms with E-state index in [1.54, 1.807) is 25.1 Å². The summed E-state index contributed by atoms with van der Waals surface area (Å²) < 4.78 is 10.8. The van der Waals surface area contributed by atoms with Crippen molar-refractivity contribution < 1.29 is 19.5 Å². The van der Waals surface area contributed by atoms with Crippen LogP contribution in [0.2, 0.25) is 0 Å². The minimum atomic E-state index is -4.34. The Kier molecular flexibility index (Phi) is 3.33. The highest BCUT2D eigenvalue weighted by molar-refractivity contribution is 7.51. The summed E-state index contributed by atoms with van der Waals surface area (Å²) in [5.41, 5.74) is 4.62. The smallest absolute Gasteiger partial charge is 0.330 e. The van der Waals surface area contributed by atoms with Crippen molar-refractivity contribution in [3.8, 4) is 0 Å². The lowest BCUT2D eigenvalue weighted by molar-refractivity contribution is 0.0628. The van der Waals surface area contributed by atoms with E-state index in [9.17, 15) is 9.67 Å². The Hall–Kier alpha value is -0.710. The van der Waals surface area contributed by atoms with Crippen molar-refractivity contribution in [2.24, 2.45) is 5.73 Å². The molecule has 1 aromatic carbocycles. The molecule has 0 spiro atoms. The molecule has 0 fully saturated rings. The van der Waals surface area contributed by atoms with Gasteiger partial charge in [0.1, 0.15) is 0 Å². The van der Waals surface area contributed by atoms with Crippen molar-refractivity contribution in [1.29, 1.82) is 0 Å². The molecule has 5 nitrogen and oxygen atoms in total. The number of hydrogen-bond acceptors (Lipinski definition) is 3. The Bertz CT molecular complexity index is 399. The highest BCUT2D eigenvalue weighted by atomic mass is 31.2. The number of benzene rings is 1. The van der Waals surface area contributed by atoms with Crippen molar-refractivity contribution in [2.75, 3.05) is 6.16 Å². The minimum Gasteiger partial charge on any atom is -0.371 e. The molecule has 0 aliphatic carbocycles. The van der Waals surface area contributed by atoms with Crippen LogP contribution >= 0.6 is 7.60 Å². The predicted octanol–water partition coefficient (Wildman–Crippen LogP) is 0.277. The molecule has 5 N–H and O–H groups in total. The lowest BCUT2D eigenvalue weighted by Gasteiger charge is -2.24. The zero-order valence-corrected chi connectivity index (χ0v) is 9.19. The lowest BCUT2D eigenvalue weighted by Crippen LogP contribution is -2.40. The van der Waals surface area contributed by atoms with Crippen LogP contribution in [0.1, 0.15) is 11.1 Å². The number of rotatable bonds is 3. The average Bonchev–Trinajstić information content (AvgIpc) is 1.99. The summed E-state index contributed by atoms with van der Waals surface area (Å²) in [6, 6.07) is 6.59. The fraction of sp³-hybridized carbons (Fsp3) is 0.333. The fourth-order valence-electron chi connectivity index (χ4n) is 1.32. The number of nitrogens with two attached hydrogens (primary N) is 1. The second-order valence-corrected chi connectivity index (χ2v) is 5.26. The minimum absolute atomic E-state index is 0.297. The second-order valence-electron chi connectivity index (χ2n) is 3.62. The van der Waals surface area contributed by atoms with Crippen molar-refractivity contribution >= 4 is 7.60 Å². The van der Waals surface area contributed by atoms with Gasteiger partial charge >= 0.3 is 7.60 Å². The maximum atomic E-state index is 10.8. The van der Waals surface area contributed by atoms with E-state index in [0.717, 1.165) is 5.56 Å². The SMILES string of the molecule is Cc1cccc(C(N)(O)CP(=O)(O)O)c1. The first-order chi connectivity index (χ1) is 6.71. The van der Waals surface area contributed by atoms with Crippen LogP contribution in [0.4, 0.5) is 0 Å². The Morgan fingerprint density at radius 1 is 1.47 bits per heavy atom. The molecule has 15 heavy (non-hydrogen) atoms. The van der Waals surface area contributed by atoms with Gasteiger partial charge in [-0.15, -0.1) is 0 Å². The van der Waals surface area contributed by atoms with E-state index in [2.05, 4.69) is 0 Å². The van der Waals surface area contributed by atoms with Crippen molar-refractivity contribution in [2.45, 2.75) is 12.6 Å². The highest BCUT2D eigenvalue weighted by Gasteiger charge is 2.32. The Morgan fingerprint density at radius 3 is 2.53 bits per heavy atom. The van der Waals surface area contributed by atoms with Crippen LogP contribution in [0, 0.1) is 6.92 Å². The molecule has 0 aliphatic heterocycles. The number of aryl methyl sites for hydroxylation is 1. The molecule has 1 rings (SSSR count). The van der Waals surface area contributed by atoms with E-state index in [1.165, 1.54) is 6.07 Å². The highest BCUT2D eigenvalue weighted by Crippen LogP contribution is 2.39. The van der Waals surface area contributed by atoms with Gasteiger partial charge in [0.05, 0.1) is 6.16 Å². The van der Waals surface area contributed by atoms with Crippen LogP contribution < -0.4 is 5.73 Å². The molecule has 0 radical (unpaired) electrons. The first kappa shape index (κ1) is 12.4. The summed E-state index contributed by atoms with van der Waals surface area (Å²) in [6.45, 7) is 1.80. The van der Waals surface area contributed by atoms with Crippen LogP contribution in [0.15, 0.2) is 24.3 Å². The van der Waals surface area contributed by atoms with Crippen LogP contribution in [-0.4, -0.2) is 21.1 Å². The molecular formula is C9H14NO4P. The van der Waals surface area contributed by atoms with E-state index in [0.29, 0.717) is 5.56 Å². The van der Waals surface area contributed by atoms with Crippen LogP contribution in [0.25, 0.3) is 0 Å². The molecule has 84 valence electrons. The second kappa shape index (κ2) is 4.04. The van der Waals surface area contributed by atoms with E-state index >= 15 is 0 Å². The van der Waals surface area contributed by atoms with Gasteiger partial charge in [-0.25, -0.2) is 0 Å².